The minimum Gasteiger partial charge on any atom is -0.460 e. The first-order chi connectivity index (χ1) is 9.62. The van der Waals surface area contributed by atoms with Crippen LogP contribution >= 0.6 is 24.0 Å². The SMILES string of the molecule is CN=C(NC1CC1(C)C)N1CCC(C(=O)OC(C)(C)C)C1.I. The zero-order valence-corrected chi connectivity index (χ0v) is 16.9. The van der Waals surface area contributed by atoms with Crippen LogP contribution in [-0.4, -0.2) is 48.6 Å². The maximum absolute atomic E-state index is 12.1. The molecular weight excluding hydrogens is 393 g/mol. The Morgan fingerprint density at radius 1 is 1.36 bits per heavy atom. The highest BCUT2D eigenvalue weighted by Crippen LogP contribution is 2.44. The third-order valence-electron chi connectivity index (χ3n) is 4.26. The minimum absolute atomic E-state index is 0. The summed E-state index contributed by atoms with van der Waals surface area (Å²) in [7, 11) is 1.80. The second-order valence-corrected chi connectivity index (χ2v) is 7.90. The van der Waals surface area contributed by atoms with Gasteiger partial charge in [-0.25, -0.2) is 0 Å². The molecule has 5 nitrogen and oxygen atoms in total. The molecule has 0 amide bonds. The summed E-state index contributed by atoms with van der Waals surface area (Å²) in [5, 5.41) is 3.50. The maximum Gasteiger partial charge on any atom is 0.311 e. The van der Waals surface area contributed by atoms with Crippen molar-refractivity contribution in [2.75, 3.05) is 20.1 Å². The summed E-state index contributed by atoms with van der Waals surface area (Å²) in [4.78, 5) is 18.7. The van der Waals surface area contributed by atoms with Gasteiger partial charge in [0, 0.05) is 26.2 Å². The van der Waals surface area contributed by atoms with E-state index in [0.29, 0.717) is 18.0 Å². The monoisotopic (exact) mass is 423 g/mol. The minimum atomic E-state index is -0.414. The number of hydrogen-bond acceptors (Lipinski definition) is 3. The van der Waals surface area contributed by atoms with Crippen LogP contribution in [0.2, 0.25) is 0 Å². The Balaban J connectivity index is 0.00000242. The number of carbonyl (C=O) groups excluding carboxylic acids is 1. The lowest BCUT2D eigenvalue weighted by molar-refractivity contribution is -0.159. The van der Waals surface area contributed by atoms with Gasteiger partial charge in [-0.15, -0.1) is 24.0 Å². The van der Waals surface area contributed by atoms with E-state index in [4.69, 9.17) is 4.74 Å². The molecule has 1 heterocycles. The lowest BCUT2D eigenvalue weighted by atomic mass is 10.1. The van der Waals surface area contributed by atoms with Gasteiger partial charge in [-0.1, -0.05) is 13.8 Å². The van der Waals surface area contributed by atoms with Gasteiger partial charge in [-0.2, -0.15) is 0 Å². The van der Waals surface area contributed by atoms with Crippen LogP contribution in [0, 0.1) is 11.3 Å². The molecule has 0 aromatic heterocycles. The summed E-state index contributed by atoms with van der Waals surface area (Å²) in [6.07, 6.45) is 2.01. The normalized spacial score (nSPS) is 27.2. The van der Waals surface area contributed by atoms with E-state index in [1.54, 1.807) is 7.05 Å². The molecule has 2 aliphatic rings. The Hall–Kier alpha value is -0.530. The largest absolute Gasteiger partial charge is 0.460 e. The number of likely N-dealkylation sites (tertiary alicyclic amines) is 1. The molecule has 6 heteroatoms. The summed E-state index contributed by atoms with van der Waals surface area (Å²) in [6.45, 7) is 11.8. The molecule has 0 aromatic rings. The molecule has 2 rings (SSSR count). The molecule has 2 fully saturated rings. The Bertz CT molecular complexity index is 443. The second kappa shape index (κ2) is 6.93. The molecule has 2 atom stereocenters. The van der Waals surface area contributed by atoms with E-state index < -0.39 is 5.60 Å². The first kappa shape index (κ1) is 19.5. The molecule has 1 aliphatic heterocycles. The van der Waals surface area contributed by atoms with Crippen molar-refractivity contribution in [1.82, 2.24) is 10.2 Å². The molecule has 0 aromatic carbocycles. The van der Waals surface area contributed by atoms with Crippen molar-refractivity contribution < 1.29 is 9.53 Å². The number of ether oxygens (including phenoxy) is 1. The fourth-order valence-electron chi connectivity index (χ4n) is 2.70. The molecule has 1 aliphatic carbocycles. The van der Waals surface area contributed by atoms with Crippen LogP contribution in [-0.2, 0) is 9.53 Å². The molecule has 1 saturated heterocycles. The van der Waals surface area contributed by atoms with Crippen molar-refractivity contribution in [3.8, 4) is 0 Å². The summed E-state index contributed by atoms with van der Waals surface area (Å²) in [5.74, 6) is 0.777. The van der Waals surface area contributed by atoms with Crippen LogP contribution in [0.15, 0.2) is 4.99 Å². The zero-order chi connectivity index (χ0) is 15.8. The molecule has 0 spiro atoms. The van der Waals surface area contributed by atoms with Crippen LogP contribution in [0.25, 0.3) is 0 Å². The summed E-state index contributed by atoms with van der Waals surface area (Å²) in [5.41, 5.74) is -0.0529. The third-order valence-corrected chi connectivity index (χ3v) is 4.26. The highest BCUT2D eigenvalue weighted by molar-refractivity contribution is 14.0. The standard InChI is InChI=1S/C16H29N3O2.HI/c1-15(2,3)21-13(20)11-7-8-19(10-11)14(17-6)18-12-9-16(12,4)5;/h11-12H,7-10H2,1-6H3,(H,17,18);1H. The first-order valence-corrected chi connectivity index (χ1v) is 7.83. The number of nitrogens with one attached hydrogen (secondary N) is 1. The van der Waals surface area contributed by atoms with Gasteiger partial charge in [-0.3, -0.25) is 9.79 Å². The highest BCUT2D eigenvalue weighted by atomic mass is 127. The number of nitrogens with zero attached hydrogens (tertiary/aromatic N) is 2. The number of carbonyl (C=O) groups is 1. The molecule has 128 valence electrons. The van der Waals surface area contributed by atoms with E-state index in [-0.39, 0.29) is 35.9 Å². The van der Waals surface area contributed by atoms with Crippen LogP contribution in [0.3, 0.4) is 0 Å². The fraction of sp³-hybridized carbons (Fsp3) is 0.875. The quantitative estimate of drug-likeness (QED) is 0.321. The number of halogens is 1. The predicted molar refractivity (Wildman–Crippen MR) is 99.6 cm³/mol. The molecule has 0 bridgehead atoms. The van der Waals surface area contributed by atoms with Gasteiger partial charge in [0.05, 0.1) is 5.92 Å². The van der Waals surface area contributed by atoms with Gasteiger partial charge in [-0.05, 0) is 39.0 Å². The highest BCUT2D eigenvalue weighted by Gasteiger charge is 2.47. The van der Waals surface area contributed by atoms with E-state index in [1.165, 1.54) is 6.42 Å². The van der Waals surface area contributed by atoms with Gasteiger partial charge >= 0.3 is 5.97 Å². The van der Waals surface area contributed by atoms with Crippen LogP contribution in [0.4, 0.5) is 0 Å². The van der Waals surface area contributed by atoms with E-state index in [1.807, 2.05) is 20.8 Å². The fourth-order valence-corrected chi connectivity index (χ4v) is 2.70. The van der Waals surface area contributed by atoms with Gasteiger partial charge < -0.3 is 15.0 Å². The summed E-state index contributed by atoms with van der Waals surface area (Å²) in [6, 6.07) is 0.497. The van der Waals surface area contributed by atoms with Crippen LogP contribution in [0.1, 0.15) is 47.5 Å². The Morgan fingerprint density at radius 3 is 2.41 bits per heavy atom. The summed E-state index contributed by atoms with van der Waals surface area (Å²) < 4.78 is 5.48. The number of rotatable bonds is 2. The second-order valence-electron chi connectivity index (χ2n) is 7.90. The molecule has 22 heavy (non-hydrogen) atoms. The van der Waals surface area contributed by atoms with E-state index >= 15 is 0 Å². The number of esters is 1. The average molecular weight is 423 g/mol. The average Bonchev–Trinajstić information content (AvgIpc) is 2.77. The summed E-state index contributed by atoms with van der Waals surface area (Å²) >= 11 is 0. The van der Waals surface area contributed by atoms with Gasteiger partial charge in [0.2, 0.25) is 0 Å². The number of aliphatic imine (C=N–C) groups is 1. The van der Waals surface area contributed by atoms with Crippen molar-refractivity contribution in [3.63, 3.8) is 0 Å². The lowest BCUT2D eigenvalue weighted by Gasteiger charge is -2.24. The predicted octanol–water partition coefficient (Wildman–Crippen LogP) is 2.64. The molecule has 2 unspecified atom stereocenters. The Morgan fingerprint density at radius 2 is 1.95 bits per heavy atom. The van der Waals surface area contributed by atoms with Crippen molar-refractivity contribution in [1.29, 1.82) is 0 Å². The Kier molecular flexibility index (Phi) is 6.14. The number of guanidine groups is 1. The zero-order valence-electron chi connectivity index (χ0n) is 14.6. The smallest absolute Gasteiger partial charge is 0.311 e. The first-order valence-electron chi connectivity index (χ1n) is 7.83. The van der Waals surface area contributed by atoms with Crippen molar-refractivity contribution in [2.45, 2.75) is 59.1 Å². The van der Waals surface area contributed by atoms with Crippen molar-refractivity contribution >= 4 is 35.9 Å². The van der Waals surface area contributed by atoms with Gasteiger partial charge in [0.15, 0.2) is 5.96 Å². The topological polar surface area (TPSA) is 53.9 Å². The molecular formula is C16H30IN3O2. The van der Waals surface area contributed by atoms with Crippen molar-refractivity contribution in [2.24, 2.45) is 16.3 Å². The molecule has 1 saturated carbocycles. The van der Waals surface area contributed by atoms with Gasteiger partial charge in [0.1, 0.15) is 5.60 Å². The van der Waals surface area contributed by atoms with E-state index in [0.717, 1.165) is 18.9 Å². The molecule has 1 N–H and O–H groups in total. The van der Waals surface area contributed by atoms with Gasteiger partial charge in [0.25, 0.3) is 0 Å². The van der Waals surface area contributed by atoms with Crippen LogP contribution in [0.5, 0.6) is 0 Å². The van der Waals surface area contributed by atoms with E-state index in [2.05, 4.69) is 29.1 Å². The van der Waals surface area contributed by atoms with Crippen molar-refractivity contribution in [3.05, 3.63) is 0 Å². The van der Waals surface area contributed by atoms with Crippen LogP contribution < -0.4 is 5.32 Å². The Labute approximate surface area is 151 Å². The molecule has 0 radical (unpaired) electrons. The third kappa shape index (κ3) is 4.99. The van der Waals surface area contributed by atoms with E-state index in [9.17, 15) is 4.79 Å². The number of hydrogen-bond donors (Lipinski definition) is 1. The maximum atomic E-state index is 12.1. The lowest BCUT2D eigenvalue weighted by Crippen LogP contribution is -2.42.